The molecule has 0 bridgehead atoms. The molecule has 1 amide bonds. The summed E-state index contributed by atoms with van der Waals surface area (Å²) in [5.41, 5.74) is 0.841. The van der Waals surface area contributed by atoms with Crippen molar-refractivity contribution in [3.63, 3.8) is 0 Å². The smallest absolute Gasteiger partial charge is 0.224 e. The van der Waals surface area contributed by atoms with Crippen LogP contribution in [0.4, 0.5) is 5.69 Å². The summed E-state index contributed by atoms with van der Waals surface area (Å²) in [6.07, 6.45) is 3.89. The van der Waals surface area contributed by atoms with Gasteiger partial charge in [-0.1, -0.05) is 0 Å². The summed E-state index contributed by atoms with van der Waals surface area (Å²) < 4.78 is 6.07. The number of piperazine rings is 1. The van der Waals surface area contributed by atoms with Crippen molar-refractivity contribution in [2.45, 2.75) is 44.8 Å². The highest BCUT2D eigenvalue weighted by atomic mass is 16.5. The summed E-state index contributed by atoms with van der Waals surface area (Å²) in [4.78, 5) is 19.5. The number of anilines is 1. The molecule has 6 heteroatoms. The molecule has 28 heavy (non-hydrogen) atoms. The van der Waals surface area contributed by atoms with Gasteiger partial charge in [-0.05, 0) is 64.5 Å². The summed E-state index contributed by atoms with van der Waals surface area (Å²) in [5, 5.41) is 3.02. The van der Waals surface area contributed by atoms with Gasteiger partial charge >= 0.3 is 0 Å². The molecule has 2 aliphatic rings. The zero-order chi connectivity index (χ0) is 19.9. The van der Waals surface area contributed by atoms with Crippen LogP contribution in [-0.4, -0.2) is 86.1 Å². The molecule has 6 nitrogen and oxygen atoms in total. The largest absolute Gasteiger partial charge is 0.490 e. The fourth-order valence-corrected chi connectivity index (χ4v) is 3.92. The standard InChI is InChI=1S/C22H36N4O2/c1-18(26-16-14-25(3)15-17-26)4-9-22(27)23-19-5-7-20(8-6-19)28-21-10-12-24(2)13-11-21/h5-8,18,21H,4,9-17H2,1-3H3,(H,23,27). The third-order valence-electron chi connectivity index (χ3n) is 6.06. The van der Waals surface area contributed by atoms with E-state index in [1.165, 1.54) is 0 Å². The Bertz CT molecular complexity index is 605. The Kier molecular flexibility index (Phi) is 7.71. The van der Waals surface area contributed by atoms with Gasteiger partial charge in [0.2, 0.25) is 5.91 Å². The maximum atomic E-state index is 12.3. The molecular weight excluding hydrogens is 352 g/mol. The number of hydrogen-bond acceptors (Lipinski definition) is 5. The zero-order valence-corrected chi connectivity index (χ0v) is 17.7. The zero-order valence-electron chi connectivity index (χ0n) is 17.7. The molecule has 2 heterocycles. The molecule has 2 fully saturated rings. The Morgan fingerprint density at radius 1 is 1.04 bits per heavy atom. The number of amides is 1. The van der Waals surface area contributed by atoms with E-state index in [-0.39, 0.29) is 5.91 Å². The minimum absolute atomic E-state index is 0.0879. The van der Waals surface area contributed by atoms with E-state index >= 15 is 0 Å². The molecular formula is C22H36N4O2. The second kappa shape index (κ2) is 10.2. The third-order valence-corrected chi connectivity index (χ3v) is 6.06. The first-order valence-electron chi connectivity index (χ1n) is 10.7. The minimum atomic E-state index is 0.0879. The first-order chi connectivity index (χ1) is 13.5. The van der Waals surface area contributed by atoms with Crippen molar-refractivity contribution < 1.29 is 9.53 Å². The van der Waals surface area contributed by atoms with Crippen LogP contribution in [0.1, 0.15) is 32.6 Å². The van der Waals surface area contributed by atoms with Gasteiger partial charge < -0.3 is 19.9 Å². The van der Waals surface area contributed by atoms with Crippen LogP contribution in [0.25, 0.3) is 0 Å². The Morgan fingerprint density at radius 2 is 1.64 bits per heavy atom. The molecule has 1 aromatic rings. The number of carbonyl (C=O) groups is 1. The molecule has 0 spiro atoms. The Morgan fingerprint density at radius 3 is 2.29 bits per heavy atom. The molecule has 1 atom stereocenters. The van der Waals surface area contributed by atoms with Crippen LogP contribution in [0.2, 0.25) is 0 Å². The molecule has 0 radical (unpaired) electrons. The van der Waals surface area contributed by atoms with Gasteiger partial charge in [-0.2, -0.15) is 0 Å². The van der Waals surface area contributed by atoms with Gasteiger partial charge in [0.15, 0.2) is 0 Å². The van der Waals surface area contributed by atoms with Gasteiger partial charge in [-0.15, -0.1) is 0 Å². The van der Waals surface area contributed by atoms with Crippen LogP contribution in [0, 0.1) is 0 Å². The lowest BCUT2D eigenvalue weighted by atomic mass is 10.1. The summed E-state index contributed by atoms with van der Waals surface area (Å²) in [5.74, 6) is 0.973. The lowest BCUT2D eigenvalue weighted by Gasteiger charge is -2.36. The molecule has 0 saturated carbocycles. The van der Waals surface area contributed by atoms with Crippen molar-refractivity contribution in [3.05, 3.63) is 24.3 Å². The number of benzene rings is 1. The van der Waals surface area contributed by atoms with E-state index in [1.54, 1.807) is 0 Å². The summed E-state index contributed by atoms with van der Waals surface area (Å²) >= 11 is 0. The van der Waals surface area contributed by atoms with E-state index < -0.39 is 0 Å². The van der Waals surface area contributed by atoms with Crippen LogP contribution < -0.4 is 10.1 Å². The lowest BCUT2D eigenvalue weighted by molar-refractivity contribution is -0.116. The molecule has 1 aromatic carbocycles. The predicted molar refractivity (Wildman–Crippen MR) is 114 cm³/mol. The summed E-state index contributed by atoms with van der Waals surface area (Å²) in [6, 6.07) is 8.24. The summed E-state index contributed by atoms with van der Waals surface area (Å²) in [6.45, 7) is 8.82. The topological polar surface area (TPSA) is 48.1 Å². The maximum Gasteiger partial charge on any atom is 0.224 e. The minimum Gasteiger partial charge on any atom is -0.490 e. The molecule has 2 saturated heterocycles. The molecule has 1 unspecified atom stereocenters. The SMILES string of the molecule is CC(CCC(=O)Nc1ccc(OC2CCN(C)CC2)cc1)N1CCN(C)CC1. The van der Waals surface area contributed by atoms with Crippen LogP contribution in [0.3, 0.4) is 0 Å². The molecule has 3 rings (SSSR count). The fraction of sp³-hybridized carbons (Fsp3) is 0.682. The Labute approximate surface area is 169 Å². The van der Waals surface area contributed by atoms with Gasteiger partial charge in [0.1, 0.15) is 11.9 Å². The fourth-order valence-electron chi connectivity index (χ4n) is 3.92. The average molecular weight is 389 g/mol. The van der Waals surface area contributed by atoms with Crippen molar-refractivity contribution in [2.24, 2.45) is 0 Å². The number of nitrogens with one attached hydrogen (secondary N) is 1. The van der Waals surface area contributed by atoms with Crippen molar-refractivity contribution in [2.75, 3.05) is 58.7 Å². The average Bonchev–Trinajstić information content (AvgIpc) is 2.70. The first-order valence-corrected chi connectivity index (χ1v) is 10.7. The lowest BCUT2D eigenvalue weighted by Crippen LogP contribution is -2.48. The van der Waals surface area contributed by atoms with Crippen molar-refractivity contribution in [3.8, 4) is 5.75 Å². The molecule has 0 aliphatic carbocycles. The molecule has 0 aromatic heterocycles. The third kappa shape index (κ3) is 6.47. The number of rotatable bonds is 7. The van der Waals surface area contributed by atoms with E-state index in [2.05, 4.69) is 41.0 Å². The van der Waals surface area contributed by atoms with E-state index in [0.717, 1.165) is 70.0 Å². The van der Waals surface area contributed by atoms with Gasteiger partial charge in [-0.3, -0.25) is 9.69 Å². The number of likely N-dealkylation sites (tertiary alicyclic amines) is 1. The molecule has 156 valence electrons. The predicted octanol–water partition coefficient (Wildman–Crippen LogP) is 2.51. The first kappa shape index (κ1) is 21.1. The Hall–Kier alpha value is -1.63. The highest BCUT2D eigenvalue weighted by Gasteiger charge is 2.20. The molecule has 2 aliphatic heterocycles. The number of nitrogens with zero attached hydrogens (tertiary/aromatic N) is 3. The van der Waals surface area contributed by atoms with Gasteiger partial charge in [0.25, 0.3) is 0 Å². The number of likely N-dealkylation sites (N-methyl/N-ethyl adjacent to an activating group) is 1. The number of piperidine rings is 1. The maximum absolute atomic E-state index is 12.3. The van der Waals surface area contributed by atoms with Crippen LogP contribution in [-0.2, 0) is 4.79 Å². The van der Waals surface area contributed by atoms with E-state index in [0.29, 0.717) is 18.6 Å². The van der Waals surface area contributed by atoms with Crippen LogP contribution in [0.15, 0.2) is 24.3 Å². The normalized spacial score (nSPS) is 21.4. The monoisotopic (exact) mass is 388 g/mol. The van der Waals surface area contributed by atoms with Crippen molar-refractivity contribution in [1.29, 1.82) is 0 Å². The number of hydrogen-bond donors (Lipinski definition) is 1. The Balaban J connectivity index is 1.38. The molecule has 1 N–H and O–H groups in total. The van der Waals surface area contributed by atoms with Gasteiger partial charge in [0, 0.05) is 57.4 Å². The second-order valence-electron chi connectivity index (χ2n) is 8.42. The highest BCUT2D eigenvalue weighted by Crippen LogP contribution is 2.21. The van der Waals surface area contributed by atoms with Crippen LogP contribution in [0.5, 0.6) is 5.75 Å². The van der Waals surface area contributed by atoms with Gasteiger partial charge in [-0.25, -0.2) is 0 Å². The van der Waals surface area contributed by atoms with E-state index in [1.807, 2.05) is 24.3 Å². The van der Waals surface area contributed by atoms with Gasteiger partial charge in [0.05, 0.1) is 0 Å². The van der Waals surface area contributed by atoms with E-state index in [9.17, 15) is 4.79 Å². The van der Waals surface area contributed by atoms with E-state index in [4.69, 9.17) is 4.74 Å². The highest BCUT2D eigenvalue weighted by molar-refractivity contribution is 5.90. The second-order valence-corrected chi connectivity index (χ2v) is 8.42. The summed E-state index contributed by atoms with van der Waals surface area (Å²) in [7, 11) is 4.32. The number of ether oxygens (including phenoxy) is 1. The number of carbonyl (C=O) groups excluding carboxylic acids is 1. The quantitative estimate of drug-likeness (QED) is 0.778. The van der Waals surface area contributed by atoms with Crippen LogP contribution >= 0.6 is 0 Å². The van der Waals surface area contributed by atoms with Crippen molar-refractivity contribution >= 4 is 11.6 Å². The van der Waals surface area contributed by atoms with Crippen molar-refractivity contribution in [1.82, 2.24) is 14.7 Å².